The smallest absolute Gasteiger partial charge is 0.228 e. The predicted octanol–water partition coefficient (Wildman–Crippen LogP) is 3.05. The average Bonchev–Trinajstić information content (AvgIpc) is 2.39. The van der Waals surface area contributed by atoms with Crippen molar-refractivity contribution in [3.8, 4) is 5.75 Å². The highest BCUT2D eigenvalue weighted by atomic mass is 79.9. The van der Waals surface area contributed by atoms with E-state index in [0.29, 0.717) is 16.5 Å². The highest BCUT2D eigenvalue weighted by Crippen LogP contribution is 2.36. The lowest BCUT2D eigenvalue weighted by Crippen LogP contribution is -2.37. The van der Waals surface area contributed by atoms with Crippen LogP contribution in [0.2, 0.25) is 5.02 Å². The van der Waals surface area contributed by atoms with Crippen LogP contribution >= 0.6 is 27.5 Å². The molecule has 1 saturated heterocycles. The van der Waals surface area contributed by atoms with Gasteiger partial charge in [-0.15, -0.1) is 0 Å². The Morgan fingerprint density at radius 3 is 3.00 bits per heavy atom. The summed E-state index contributed by atoms with van der Waals surface area (Å²) < 4.78 is 6.01. The maximum Gasteiger partial charge on any atom is 0.228 e. The molecule has 2 N–H and O–H groups in total. The SMILES string of the molecule is COc1c(Br)cc(Cl)cc1NC(=O)[C@@H]1CCCNC1. The van der Waals surface area contributed by atoms with Crippen LogP contribution in [0.1, 0.15) is 12.8 Å². The summed E-state index contributed by atoms with van der Waals surface area (Å²) in [6.07, 6.45) is 1.93. The van der Waals surface area contributed by atoms with Crippen molar-refractivity contribution in [2.24, 2.45) is 5.92 Å². The monoisotopic (exact) mass is 346 g/mol. The number of amides is 1. The molecule has 4 nitrogen and oxygen atoms in total. The van der Waals surface area contributed by atoms with E-state index in [2.05, 4.69) is 26.6 Å². The Morgan fingerprint density at radius 1 is 1.58 bits per heavy atom. The quantitative estimate of drug-likeness (QED) is 0.883. The van der Waals surface area contributed by atoms with E-state index in [1.165, 1.54) is 0 Å². The highest BCUT2D eigenvalue weighted by Gasteiger charge is 2.22. The van der Waals surface area contributed by atoms with Gasteiger partial charge in [0.05, 0.1) is 23.2 Å². The van der Waals surface area contributed by atoms with Gasteiger partial charge in [0.2, 0.25) is 5.91 Å². The molecule has 0 bridgehead atoms. The fraction of sp³-hybridized carbons (Fsp3) is 0.462. The molecule has 1 fully saturated rings. The van der Waals surface area contributed by atoms with Gasteiger partial charge in [0, 0.05) is 11.6 Å². The molecule has 6 heteroatoms. The number of anilines is 1. The van der Waals surface area contributed by atoms with E-state index in [-0.39, 0.29) is 11.8 Å². The largest absolute Gasteiger partial charge is 0.493 e. The van der Waals surface area contributed by atoms with Gasteiger partial charge in [-0.05, 0) is 47.4 Å². The molecule has 1 atom stereocenters. The van der Waals surface area contributed by atoms with E-state index >= 15 is 0 Å². The molecule has 0 aromatic heterocycles. The van der Waals surface area contributed by atoms with Gasteiger partial charge in [-0.25, -0.2) is 0 Å². The Kier molecular flexibility index (Phi) is 5.07. The average molecular weight is 348 g/mol. The number of halogens is 2. The Morgan fingerprint density at radius 2 is 2.37 bits per heavy atom. The van der Waals surface area contributed by atoms with E-state index in [1.807, 2.05) is 0 Å². The van der Waals surface area contributed by atoms with Crippen molar-refractivity contribution < 1.29 is 9.53 Å². The number of methoxy groups -OCH3 is 1. The van der Waals surface area contributed by atoms with Gasteiger partial charge >= 0.3 is 0 Å². The minimum absolute atomic E-state index is 0.000309. The molecule has 19 heavy (non-hydrogen) atoms. The first-order valence-corrected chi connectivity index (χ1v) is 7.33. The van der Waals surface area contributed by atoms with Crippen LogP contribution in [0.15, 0.2) is 16.6 Å². The lowest BCUT2D eigenvalue weighted by molar-refractivity contribution is -0.120. The molecule has 0 saturated carbocycles. The second-order valence-corrected chi connectivity index (χ2v) is 5.79. The van der Waals surface area contributed by atoms with E-state index in [0.717, 1.165) is 30.4 Å². The summed E-state index contributed by atoms with van der Waals surface area (Å²) in [5, 5.41) is 6.67. The van der Waals surface area contributed by atoms with Crippen molar-refractivity contribution in [2.45, 2.75) is 12.8 Å². The van der Waals surface area contributed by atoms with E-state index in [9.17, 15) is 4.79 Å². The van der Waals surface area contributed by atoms with Crippen LogP contribution in [-0.2, 0) is 4.79 Å². The molecule has 1 aromatic rings. The summed E-state index contributed by atoms with van der Waals surface area (Å²) in [4.78, 5) is 12.2. The van der Waals surface area contributed by atoms with Crippen LogP contribution in [0.4, 0.5) is 5.69 Å². The molecule has 2 rings (SSSR count). The highest BCUT2D eigenvalue weighted by molar-refractivity contribution is 9.10. The zero-order valence-electron chi connectivity index (χ0n) is 10.6. The summed E-state index contributed by atoms with van der Waals surface area (Å²) >= 11 is 9.37. The first kappa shape index (κ1) is 14.6. The number of nitrogens with one attached hydrogen (secondary N) is 2. The number of ether oxygens (including phenoxy) is 1. The second kappa shape index (κ2) is 6.59. The molecule has 1 aliphatic rings. The van der Waals surface area contributed by atoms with Gasteiger partial charge in [-0.1, -0.05) is 11.6 Å². The van der Waals surface area contributed by atoms with Crippen molar-refractivity contribution in [3.05, 3.63) is 21.6 Å². The van der Waals surface area contributed by atoms with Crippen LogP contribution < -0.4 is 15.4 Å². The van der Waals surface area contributed by atoms with Crippen LogP contribution in [0.3, 0.4) is 0 Å². The number of hydrogen-bond acceptors (Lipinski definition) is 3. The molecule has 1 heterocycles. The van der Waals surface area contributed by atoms with Crippen LogP contribution in [-0.4, -0.2) is 26.1 Å². The number of carbonyl (C=O) groups excluding carboxylic acids is 1. The van der Waals surface area contributed by atoms with Crippen molar-refractivity contribution in [1.29, 1.82) is 0 Å². The molecule has 104 valence electrons. The third-order valence-electron chi connectivity index (χ3n) is 3.14. The lowest BCUT2D eigenvalue weighted by atomic mass is 9.99. The van der Waals surface area contributed by atoms with E-state index < -0.39 is 0 Å². The Balaban J connectivity index is 2.15. The van der Waals surface area contributed by atoms with Gasteiger partial charge in [0.15, 0.2) is 5.75 Å². The van der Waals surface area contributed by atoms with Gasteiger partial charge < -0.3 is 15.4 Å². The Bertz CT molecular complexity index is 476. The topological polar surface area (TPSA) is 50.4 Å². The summed E-state index contributed by atoms with van der Waals surface area (Å²) in [7, 11) is 1.56. The second-order valence-electron chi connectivity index (χ2n) is 4.50. The standard InChI is InChI=1S/C13H16BrClN2O2/c1-19-12-10(14)5-9(15)6-11(12)17-13(18)8-3-2-4-16-7-8/h5-6,8,16H,2-4,7H2,1H3,(H,17,18)/t8-/m1/s1. The van der Waals surface area contributed by atoms with Crippen LogP contribution in [0, 0.1) is 5.92 Å². The number of piperidine rings is 1. The zero-order chi connectivity index (χ0) is 13.8. The van der Waals surface area contributed by atoms with Crippen LogP contribution in [0.5, 0.6) is 5.75 Å². The third-order valence-corrected chi connectivity index (χ3v) is 3.95. The Labute approximate surface area is 126 Å². The van der Waals surface area contributed by atoms with Gasteiger partial charge in [-0.3, -0.25) is 4.79 Å². The predicted molar refractivity (Wildman–Crippen MR) is 79.9 cm³/mol. The molecule has 1 aliphatic heterocycles. The van der Waals surface area contributed by atoms with E-state index in [4.69, 9.17) is 16.3 Å². The first-order chi connectivity index (χ1) is 9.11. The van der Waals surface area contributed by atoms with Crippen molar-refractivity contribution in [2.75, 3.05) is 25.5 Å². The molecule has 1 amide bonds. The van der Waals surface area contributed by atoms with Crippen molar-refractivity contribution in [3.63, 3.8) is 0 Å². The summed E-state index contributed by atoms with van der Waals surface area (Å²) in [5.74, 6) is 0.581. The van der Waals surface area contributed by atoms with Gasteiger partial charge in [0.25, 0.3) is 0 Å². The van der Waals surface area contributed by atoms with Gasteiger partial charge in [-0.2, -0.15) is 0 Å². The number of rotatable bonds is 3. The maximum atomic E-state index is 12.2. The van der Waals surface area contributed by atoms with Crippen molar-refractivity contribution >= 4 is 39.1 Å². The molecule has 1 aromatic carbocycles. The summed E-state index contributed by atoms with van der Waals surface area (Å²) in [5.41, 5.74) is 0.595. The van der Waals surface area contributed by atoms with Crippen molar-refractivity contribution in [1.82, 2.24) is 5.32 Å². The summed E-state index contributed by atoms with van der Waals surface area (Å²) in [6.45, 7) is 1.70. The first-order valence-electron chi connectivity index (χ1n) is 6.16. The zero-order valence-corrected chi connectivity index (χ0v) is 13.0. The minimum Gasteiger partial charge on any atom is -0.493 e. The molecule has 0 radical (unpaired) electrons. The fourth-order valence-electron chi connectivity index (χ4n) is 2.17. The number of hydrogen-bond donors (Lipinski definition) is 2. The number of benzene rings is 1. The third kappa shape index (κ3) is 3.61. The fourth-order valence-corrected chi connectivity index (χ4v) is 3.14. The van der Waals surface area contributed by atoms with Gasteiger partial charge in [0.1, 0.15) is 0 Å². The molecule has 0 unspecified atom stereocenters. The minimum atomic E-state index is -0.00351. The molecular formula is C13H16BrClN2O2. The lowest BCUT2D eigenvalue weighted by Gasteiger charge is -2.22. The maximum absolute atomic E-state index is 12.2. The molecule has 0 spiro atoms. The van der Waals surface area contributed by atoms with E-state index in [1.54, 1.807) is 19.2 Å². The molecular weight excluding hydrogens is 332 g/mol. The summed E-state index contributed by atoms with van der Waals surface area (Å²) in [6, 6.07) is 3.43. The van der Waals surface area contributed by atoms with Crippen LogP contribution in [0.25, 0.3) is 0 Å². The molecule has 0 aliphatic carbocycles. The number of carbonyl (C=O) groups is 1. The Hall–Kier alpha value is -0.780. The normalized spacial score (nSPS) is 19.0.